The standard InChI is InChI=1S/C16H30BN5O7S/c1-11(18)13(23)20-16(14(24)25)10-21(7-12(16)3-2-5-17(26)27)30(28,29)22-8-15(9-22)4-6-19-15/h11-12,19,26-27H,2-10,18H2,1H3,(H,20,23)(H,24,25)/t11-,12-,16-/m0/s1. The maximum atomic E-state index is 13.1. The summed E-state index contributed by atoms with van der Waals surface area (Å²) < 4.78 is 28.7. The van der Waals surface area contributed by atoms with Crippen molar-refractivity contribution in [1.29, 1.82) is 0 Å². The summed E-state index contributed by atoms with van der Waals surface area (Å²) in [5.74, 6) is -2.78. The van der Waals surface area contributed by atoms with Gasteiger partial charge in [-0.15, -0.1) is 0 Å². The van der Waals surface area contributed by atoms with E-state index in [2.05, 4.69) is 10.6 Å². The molecule has 12 nitrogen and oxygen atoms in total. The van der Waals surface area contributed by atoms with Gasteiger partial charge in [0.05, 0.1) is 6.04 Å². The van der Waals surface area contributed by atoms with Gasteiger partial charge in [0.25, 0.3) is 10.2 Å². The summed E-state index contributed by atoms with van der Waals surface area (Å²) in [7, 11) is -5.45. The van der Waals surface area contributed by atoms with Gasteiger partial charge in [-0.05, 0) is 32.6 Å². The average Bonchev–Trinajstić information content (AvgIpc) is 2.92. The van der Waals surface area contributed by atoms with Crippen molar-refractivity contribution in [3.8, 4) is 0 Å². The van der Waals surface area contributed by atoms with Gasteiger partial charge >= 0.3 is 13.1 Å². The molecule has 0 aromatic rings. The molecule has 170 valence electrons. The smallest absolute Gasteiger partial charge is 0.451 e. The van der Waals surface area contributed by atoms with Gasteiger partial charge in [0.15, 0.2) is 5.54 Å². The van der Waals surface area contributed by atoms with Crippen LogP contribution in [0.15, 0.2) is 0 Å². The lowest BCUT2D eigenvalue weighted by Crippen LogP contribution is -2.77. The number of amides is 1. The maximum Gasteiger partial charge on any atom is 0.451 e. The van der Waals surface area contributed by atoms with E-state index in [4.69, 9.17) is 15.8 Å². The van der Waals surface area contributed by atoms with Gasteiger partial charge < -0.3 is 31.5 Å². The lowest BCUT2D eigenvalue weighted by atomic mass is 9.78. The summed E-state index contributed by atoms with van der Waals surface area (Å²) in [6, 6.07) is -0.966. The molecule has 30 heavy (non-hydrogen) atoms. The van der Waals surface area contributed by atoms with Crippen molar-refractivity contribution in [3.05, 3.63) is 0 Å². The van der Waals surface area contributed by atoms with E-state index in [1.54, 1.807) is 0 Å². The minimum absolute atomic E-state index is 0.0144. The second-order valence-electron chi connectivity index (χ2n) is 8.69. The molecule has 7 N–H and O–H groups in total. The largest absolute Gasteiger partial charge is 0.479 e. The zero-order valence-electron chi connectivity index (χ0n) is 17.0. The van der Waals surface area contributed by atoms with Crippen molar-refractivity contribution in [1.82, 2.24) is 19.2 Å². The highest BCUT2D eigenvalue weighted by molar-refractivity contribution is 7.86. The first-order valence-corrected chi connectivity index (χ1v) is 11.5. The highest BCUT2D eigenvalue weighted by Gasteiger charge is 2.59. The molecule has 0 aromatic carbocycles. The fourth-order valence-corrected chi connectivity index (χ4v) is 6.29. The van der Waals surface area contributed by atoms with Crippen LogP contribution < -0.4 is 16.4 Å². The molecule has 3 fully saturated rings. The van der Waals surface area contributed by atoms with Crippen molar-refractivity contribution >= 4 is 29.2 Å². The SMILES string of the molecule is C[C@H](N)C(=O)N[C@@]1(C(=O)O)CN(S(=O)(=O)N2CC3(CCN3)C2)C[C@@H]1CCCB(O)O. The van der Waals surface area contributed by atoms with Crippen LogP contribution in [-0.2, 0) is 19.8 Å². The van der Waals surface area contributed by atoms with Gasteiger partial charge in [0, 0.05) is 37.6 Å². The van der Waals surface area contributed by atoms with Gasteiger partial charge in [-0.25, -0.2) is 4.79 Å². The van der Waals surface area contributed by atoms with Crippen molar-refractivity contribution in [2.45, 2.75) is 49.6 Å². The van der Waals surface area contributed by atoms with Gasteiger partial charge in [0.1, 0.15) is 0 Å². The summed E-state index contributed by atoms with van der Waals surface area (Å²) in [6.45, 7) is 2.43. The predicted molar refractivity (Wildman–Crippen MR) is 107 cm³/mol. The number of carbonyl (C=O) groups excluding carboxylic acids is 1. The number of hydrogen-bond donors (Lipinski definition) is 6. The third kappa shape index (κ3) is 4.22. The monoisotopic (exact) mass is 447 g/mol. The van der Waals surface area contributed by atoms with Crippen LogP contribution >= 0.6 is 0 Å². The van der Waals surface area contributed by atoms with Gasteiger partial charge in [0.2, 0.25) is 5.91 Å². The van der Waals surface area contributed by atoms with Crippen LogP contribution in [-0.4, -0.2) is 101 Å². The summed E-state index contributed by atoms with van der Waals surface area (Å²) >= 11 is 0. The first-order chi connectivity index (χ1) is 13.9. The Morgan fingerprint density at radius 1 is 1.30 bits per heavy atom. The third-order valence-electron chi connectivity index (χ3n) is 6.42. The first kappa shape index (κ1) is 23.4. The molecule has 0 aliphatic carbocycles. The number of carboxylic acid groups (broad SMARTS) is 1. The second kappa shape index (κ2) is 8.33. The van der Waals surface area contributed by atoms with Gasteiger partial charge in [-0.2, -0.15) is 17.0 Å². The Morgan fingerprint density at radius 3 is 2.40 bits per heavy atom. The van der Waals surface area contributed by atoms with E-state index in [0.717, 1.165) is 17.3 Å². The van der Waals surface area contributed by atoms with Crippen LogP contribution in [0.4, 0.5) is 0 Å². The Hall–Kier alpha value is -1.29. The van der Waals surface area contributed by atoms with Crippen LogP contribution in [0.1, 0.15) is 26.2 Å². The molecule has 3 saturated heterocycles. The molecule has 0 radical (unpaired) electrons. The molecule has 3 rings (SSSR count). The Balaban J connectivity index is 1.81. The minimum Gasteiger partial charge on any atom is -0.479 e. The molecule has 0 unspecified atom stereocenters. The minimum atomic E-state index is -3.90. The number of nitrogens with zero attached hydrogens (tertiary/aromatic N) is 2. The third-order valence-corrected chi connectivity index (χ3v) is 8.26. The molecular weight excluding hydrogens is 417 g/mol. The zero-order chi connectivity index (χ0) is 22.3. The van der Waals surface area contributed by atoms with E-state index in [1.807, 2.05) is 0 Å². The number of nitrogens with two attached hydrogens (primary N) is 1. The van der Waals surface area contributed by atoms with Crippen LogP contribution in [0.25, 0.3) is 0 Å². The Bertz CT molecular complexity index is 783. The zero-order valence-corrected chi connectivity index (χ0v) is 17.8. The van der Waals surface area contributed by atoms with Crippen molar-refractivity contribution in [3.63, 3.8) is 0 Å². The molecule has 0 bridgehead atoms. The number of aliphatic carboxylic acids is 1. The summed E-state index contributed by atoms with van der Waals surface area (Å²) in [6.07, 6.45) is 1.37. The van der Waals surface area contributed by atoms with Crippen LogP contribution in [0, 0.1) is 5.92 Å². The number of nitrogens with one attached hydrogen (secondary N) is 2. The van der Waals surface area contributed by atoms with Crippen LogP contribution in [0.5, 0.6) is 0 Å². The van der Waals surface area contributed by atoms with Gasteiger partial charge in [-0.1, -0.05) is 6.42 Å². The van der Waals surface area contributed by atoms with Crippen LogP contribution in [0.2, 0.25) is 6.32 Å². The van der Waals surface area contributed by atoms with E-state index < -0.39 is 53.2 Å². The highest BCUT2D eigenvalue weighted by Crippen LogP contribution is 2.38. The highest BCUT2D eigenvalue weighted by atomic mass is 32.2. The summed E-state index contributed by atoms with van der Waals surface area (Å²) in [5.41, 5.74) is 3.58. The van der Waals surface area contributed by atoms with Crippen molar-refractivity contribution in [2.75, 3.05) is 32.7 Å². The summed E-state index contributed by atoms with van der Waals surface area (Å²) in [4.78, 5) is 24.5. The molecule has 3 heterocycles. The fourth-order valence-electron chi connectivity index (χ4n) is 4.41. The lowest BCUT2D eigenvalue weighted by molar-refractivity contribution is -0.149. The molecule has 3 aliphatic heterocycles. The quantitative estimate of drug-likeness (QED) is 0.198. The predicted octanol–water partition coefficient (Wildman–Crippen LogP) is -3.25. The molecule has 0 saturated carbocycles. The van der Waals surface area contributed by atoms with E-state index in [0.29, 0.717) is 13.1 Å². The first-order valence-electron chi connectivity index (χ1n) is 10.1. The molecule has 1 spiro atoms. The molecule has 3 aliphatic rings. The lowest BCUT2D eigenvalue weighted by Gasteiger charge is -2.55. The van der Waals surface area contributed by atoms with E-state index >= 15 is 0 Å². The second-order valence-corrected chi connectivity index (χ2v) is 10.6. The molecule has 1 amide bonds. The Morgan fingerprint density at radius 2 is 1.93 bits per heavy atom. The van der Waals surface area contributed by atoms with E-state index in [1.165, 1.54) is 11.2 Å². The molecule has 14 heteroatoms. The average molecular weight is 447 g/mol. The Kier molecular flexibility index (Phi) is 6.50. The summed E-state index contributed by atoms with van der Waals surface area (Å²) in [5, 5.41) is 33.9. The van der Waals surface area contributed by atoms with Gasteiger partial charge in [-0.3, -0.25) is 4.79 Å². The van der Waals surface area contributed by atoms with Crippen molar-refractivity contribution < 1.29 is 33.2 Å². The normalized spacial score (nSPS) is 29.8. The topological polar surface area (TPSA) is 186 Å². The maximum absolute atomic E-state index is 13.1. The number of hydrogen-bond acceptors (Lipinski definition) is 8. The number of carboxylic acids is 1. The molecule has 3 atom stereocenters. The molecular formula is C16H30BN5O7S. The van der Waals surface area contributed by atoms with Crippen molar-refractivity contribution in [2.24, 2.45) is 11.7 Å². The number of carbonyl (C=O) groups is 2. The molecule has 0 aromatic heterocycles. The van der Waals surface area contributed by atoms with E-state index in [9.17, 15) is 23.1 Å². The number of rotatable bonds is 9. The van der Waals surface area contributed by atoms with Crippen LogP contribution in [0.3, 0.4) is 0 Å². The van der Waals surface area contributed by atoms with E-state index in [-0.39, 0.29) is 31.2 Å². The fraction of sp³-hybridized carbons (Fsp3) is 0.875. The Labute approximate surface area is 176 Å².